The van der Waals surface area contributed by atoms with Gasteiger partial charge in [0.1, 0.15) is 35.2 Å². The molecule has 0 unspecified atom stereocenters. The average molecular weight is 493 g/mol. The number of hydrogen-bond acceptors (Lipinski definition) is 6. The highest BCUT2D eigenvalue weighted by Crippen LogP contribution is 2.36. The van der Waals surface area contributed by atoms with Gasteiger partial charge in [0.25, 0.3) is 0 Å². The van der Waals surface area contributed by atoms with E-state index in [9.17, 15) is 8.78 Å². The number of aromatic nitrogens is 4. The second kappa shape index (κ2) is 9.92. The highest BCUT2D eigenvalue weighted by molar-refractivity contribution is 6.02. The molecule has 184 valence electrons. The highest BCUT2D eigenvalue weighted by atomic mass is 19.1. The molecule has 3 heterocycles. The maximum Gasteiger partial charge on any atom is 0.146 e. The quantitative estimate of drug-likeness (QED) is 0.315. The number of fused-ring (bicyclic) bond motifs is 2. The molecule has 0 radical (unpaired) electrons. The largest absolute Gasteiger partial charge is 0.383 e. The SMILES string of the molecule is NCCOCCn1cc(-c2ccc3cc(Cc4cc(F)cc(F)c4)ncc3c2F)c2c(N)ncnc21. The van der Waals surface area contributed by atoms with E-state index >= 15 is 4.39 Å². The summed E-state index contributed by atoms with van der Waals surface area (Å²) < 4.78 is 50.2. The second-order valence-electron chi connectivity index (χ2n) is 8.37. The lowest BCUT2D eigenvalue weighted by Crippen LogP contribution is -2.12. The van der Waals surface area contributed by atoms with E-state index in [1.807, 2.05) is 4.57 Å². The zero-order valence-electron chi connectivity index (χ0n) is 19.2. The Morgan fingerprint density at radius 3 is 2.50 bits per heavy atom. The molecule has 2 aromatic carbocycles. The van der Waals surface area contributed by atoms with Gasteiger partial charge in [0.05, 0.1) is 18.6 Å². The number of nitrogens with two attached hydrogens (primary N) is 2. The highest BCUT2D eigenvalue weighted by Gasteiger charge is 2.19. The molecule has 0 bridgehead atoms. The maximum atomic E-state index is 15.8. The van der Waals surface area contributed by atoms with Crippen molar-refractivity contribution in [2.75, 3.05) is 25.5 Å². The van der Waals surface area contributed by atoms with Crippen LogP contribution in [0.1, 0.15) is 11.3 Å². The maximum absolute atomic E-state index is 15.8. The number of ether oxygens (including phenoxy) is 1. The standard InChI is InChI=1S/C26H23F3N6O/c27-17-7-15(8-18(28)11-17)9-19-10-16-1-2-20(24(29)21(16)12-32-19)22-13-35(4-6-36-5-3-30)26-23(22)25(31)33-14-34-26/h1-2,7-8,10-14H,3-6,9,30H2,(H2,31,33,34). The van der Waals surface area contributed by atoms with E-state index in [1.165, 1.54) is 24.7 Å². The van der Waals surface area contributed by atoms with Crippen LogP contribution in [0.2, 0.25) is 0 Å². The molecular weight excluding hydrogens is 469 g/mol. The van der Waals surface area contributed by atoms with Gasteiger partial charge < -0.3 is 20.8 Å². The van der Waals surface area contributed by atoms with E-state index in [2.05, 4.69) is 15.0 Å². The summed E-state index contributed by atoms with van der Waals surface area (Å²) in [7, 11) is 0. The Kier molecular flexibility index (Phi) is 6.53. The summed E-state index contributed by atoms with van der Waals surface area (Å²) in [5.74, 6) is -1.54. The van der Waals surface area contributed by atoms with E-state index in [1.54, 1.807) is 24.4 Å². The number of hydrogen-bond donors (Lipinski definition) is 2. The Morgan fingerprint density at radius 1 is 0.917 bits per heavy atom. The predicted molar refractivity (Wildman–Crippen MR) is 132 cm³/mol. The van der Waals surface area contributed by atoms with Gasteiger partial charge in [-0.05, 0) is 29.1 Å². The van der Waals surface area contributed by atoms with Crippen molar-refractivity contribution in [3.05, 3.63) is 83.8 Å². The average Bonchev–Trinajstić information content (AvgIpc) is 3.21. The van der Waals surface area contributed by atoms with Gasteiger partial charge >= 0.3 is 0 Å². The fourth-order valence-corrected chi connectivity index (χ4v) is 4.33. The minimum Gasteiger partial charge on any atom is -0.383 e. The molecule has 5 rings (SSSR count). The van der Waals surface area contributed by atoms with Crippen LogP contribution in [0.3, 0.4) is 0 Å². The van der Waals surface area contributed by atoms with Gasteiger partial charge in [-0.25, -0.2) is 23.1 Å². The Morgan fingerprint density at radius 2 is 1.72 bits per heavy atom. The van der Waals surface area contributed by atoms with Crippen LogP contribution in [-0.4, -0.2) is 39.3 Å². The normalized spacial score (nSPS) is 11.6. The third kappa shape index (κ3) is 4.60. The van der Waals surface area contributed by atoms with Gasteiger partial charge in [0, 0.05) is 60.2 Å². The summed E-state index contributed by atoms with van der Waals surface area (Å²) in [6, 6.07) is 8.47. The summed E-state index contributed by atoms with van der Waals surface area (Å²) in [5.41, 5.74) is 14.1. The predicted octanol–water partition coefficient (Wildman–Crippen LogP) is 4.21. The van der Waals surface area contributed by atoms with Crippen LogP contribution in [0, 0.1) is 17.5 Å². The topological polar surface area (TPSA) is 105 Å². The Labute approximate surface area is 204 Å². The molecular formula is C26H23F3N6O. The first kappa shape index (κ1) is 23.7. The molecule has 4 N–H and O–H groups in total. The van der Waals surface area contributed by atoms with Crippen LogP contribution in [0.5, 0.6) is 0 Å². The van der Waals surface area contributed by atoms with Crippen LogP contribution in [0.25, 0.3) is 32.9 Å². The molecule has 0 saturated carbocycles. The summed E-state index contributed by atoms with van der Waals surface area (Å²) in [5, 5.41) is 1.47. The molecule has 0 aliphatic rings. The van der Waals surface area contributed by atoms with Crippen LogP contribution < -0.4 is 11.5 Å². The number of pyridine rings is 1. The first-order chi connectivity index (χ1) is 17.4. The Balaban J connectivity index is 1.52. The van der Waals surface area contributed by atoms with Crippen molar-refractivity contribution >= 4 is 27.6 Å². The number of rotatable bonds is 8. The molecule has 0 fully saturated rings. The molecule has 0 aliphatic heterocycles. The van der Waals surface area contributed by atoms with Crippen molar-refractivity contribution in [1.82, 2.24) is 19.5 Å². The second-order valence-corrected chi connectivity index (χ2v) is 8.37. The summed E-state index contributed by atoms with van der Waals surface area (Å²) >= 11 is 0. The first-order valence-corrected chi connectivity index (χ1v) is 11.3. The van der Waals surface area contributed by atoms with Crippen LogP contribution in [0.15, 0.2) is 55.1 Å². The molecule has 36 heavy (non-hydrogen) atoms. The van der Waals surface area contributed by atoms with Crippen molar-refractivity contribution in [2.45, 2.75) is 13.0 Å². The third-order valence-corrected chi connectivity index (χ3v) is 5.91. The van der Waals surface area contributed by atoms with E-state index in [0.717, 1.165) is 6.07 Å². The zero-order chi connectivity index (χ0) is 25.2. The molecule has 0 amide bonds. The van der Waals surface area contributed by atoms with Crippen molar-refractivity contribution in [3.63, 3.8) is 0 Å². The number of nitrogen functional groups attached to an aromatic ring is 1. The van der Waals surface area contributed by atoms with E-state index in [0.29, 0.717) is 70.5 Å². The fourth-order valence-electron chi connectivity index (χ4n) is 4.33. The van der Waals surface area contributed by atoms with Crippen molar-refractivity contribution in [1.29, 1.82) is 0 Å². The van der Waals surface area contributed by atoms with Crippen LogP contribution in [-0.2, 0) is 17.7 Å². The Bertz CT molecular complexity index is 1550. The van der Waals surface area contributed by atoms with Gasteiger partial charge in [-0.15, -0.1) is 0 Å². The minimum absolute atomic E-state index is 0.210. The lowest BCUT2D eigenvalue weighted by Gasteiger charge is -2.08. The number of anilines is 1. The number of benzene rings is 2. The minimum atomic E-state index is -0.658. The lowest BCUT2D eigenvalue weighted by molar-refractivity contribution is 0.134. The molecule has 0 saturated heterocycles. The molecule has 3 aromatic heterocycles. The van der Waals surface area contributed by atoms with Gasteiger partial charge in [-0.1, -0.05) is 12.1 Å². The summed E-state index contributed by atoms with van der Waals surface area (Å²) in [4.78, 5) is 12.8. The molecule has 0 spiro atoms. The monoisotopic (exact) mass is 492 g/mol. The van der Waals surface area contributed by atoms with Crippen molar-refractivity contribution in [2.24, 2.45) is 5.73 Å². The molecule has 0 atom stereocenters. The molecule has 10 heteroatoms. The Hall–Kier alpha value is -4.02. The molecule has 5 aromatic rings. The van der Waals surface area contributed by atoms with Crippen LogP contribution in [0.4, 0.5) is 19.0 Å². The van der Waals surface area contributed by atoms with E-state index < -0.39 is 17.5 Å². The van der Waals surface area contributed by atoms with E-state index in [4.69, 9.17) is 16.2 Å². The van der Waals surface area contributed by atoms with E-state index in [-0.39, 0.29) is 12.2 Å². The van der Waals surface area contributed by atoms with Gasteiger partial charge in [0.2, 0.25) is 0 Å². The first-order valence-electron chi connectivity index (χ1n) is 11.3. The summed E-state index contributed by atoms with van der Waals surface area (Å²) in [6.45, 7) is 1.75. The molecule has 0 aliphatic carbocycles. The van der Waals surface area contributed by atoms with Crippen molar-refractivity contribution < 1.29 is 17.9 Å². The molecule has 7 nitrogen and oxygen atoms in total. The fraction of sp³-hybridized carbons (Fsp3) is 0.192. The third-order valence-electron chi connectivity index (χ3n) is 5.91. The van der Waals surface area contributed by atoms with Crippen molar-refractivity contribution in [3.8, 4) is 11.1 Å². The van der Waals surface area contributed by atoms with Gasteiger partial charge in [-0.3, -0.25) is 4.98 Å². The number of nitrogens with zero attached hydrogens (tertiary/aromatic N) is 4. The zero-order valence-corrected chi connectivity index (χ0v) is 19.2. The smallest absolute Gasteiger partial charge is 0.146 e. The number of halogens is 3. The van der Waals surface area contributed by atoms with Crippen LogP contribution >= 0.6 is 0 Å². The summed E-state index contributed by atoms with van der Waals surface area (Å²) in [6.07, 6.45) is 4.79. The van der Waals surface area contributed by atoms with Gasteiger partial charge in [-0.2, -0.15) is 0 Å². The van der Waals surface area contributed by atoms with Gasteiger partial charge in [0.15, 0.2) is 0 Å². The lowest BCUT2D eigenvalue weighted by atomic mass is 10.00.